The van der Waals surface area contributed by atoms with Gasteiger partial charge in [-0.3, -0.25) is 9.78 Å². The Hall–Kier alpha value is -3.21. The van der Waals surface area contributed by atoms with Crippen LogP contribution in [-0.4, -0.2) is 14.7 Å². The second-order valence-corrected chi connectivity index (χ2v) is 5.27. The zero-order valence-corrected chi connectivity index (χ0v) is 12.4. The molecule has 0 saturated heterocycles. The summed E-state index contributed by atoms with van der Waals surface area (Å²) in [6.07, 6.45) is 3.41. The van der Waals surface area contributed by atoms with Crippen molar-refractivity contribution < 1.29 is 4.52 Å². The predicted octanol–water partition coefficient (Wildman–Crippen LogP) is 3.26. The Labute approximate surface area is 131 Å². The fourth-order valence-electron chi connectivity index (χ4n) is 2.69. The summed E-state index contributed by atoms with van der Waals surface area (Å²) in [5.74, 6) is 0. The van der Waals surface area contributed by atoms with E-state index in [0.717, 1.165) is 16.8 Å². The Bertz CT molecular complexity index is 1030. The highest BCUT2D eigenvalue weighted by Crippen LogP contribution is 2.28. The molecule has 0 unspecified atom stereocenters. The van der Waals surface area contributed by atoms with Crippen LogP contribution < -0.4 is 5.56 Å². The normalized spacial score (nSPS) is 11.0. The number of aromatic nitrogens is 3. The summed E-state index contributed by atoms with van der Waals surface area (Å²) < 4.78 is 7.02. The summed E-state index contributed by atoms with van der Waals surface area (Å²) in [4.78, 5) is 16.9. The molecular formula is C18H13N3O2. The molecule has 5 heteroatoms. The lowest BCUT2D eigenvalue weighted by atomic mass is 10.1. The van der Waals surface area contributed by atoms with Crippen LogP contribution in [0.3, 0.4) is 0 Å². The van der Waals surface area contributed by atoms with E-state index in [9.17, 15) is 4.79 Å². The molecule has 1 aromatic carbocycles. The Kier molecular flexibility index (Phi) is 3.05. The maximum atomic E-state index is 12.8. The van der Waals surface area contributed by atoms with Crippen LogP contribution in [0, 0.1) is 0 Å². The molecule has 3 aromatic heterocycles. The van der Waals surface area contributed by atoms with Crippen molar-refractivity contribution in [2.45, 2.75) is 0 Å². The minimum atomic E-state index is -0.138. The molecule has 4 rings (SSSR count). The molecule has 0 amide bonds. The third-order valence-electron chi connectivity index (χ3n) is 3.87. The first-order valence-electron chi connectivity index (χ1n) is 7.21. The number of fused-ring (bicyclic) bond motifs is 1. The van der Waals surface area contributed by atoms with Crippen LogP contribution in [-0.2, 0) is 7.05 Å². The van der Waals surface area contributed by atoms with Gasteiger partial charge in [0.15, 0.2) is 5.58 Å². The first-order chi connectivity index (χ1) is 11.3. The Morgan fingerprint density at radius 2 is 1.83 bits per heavy atom. The first-order valence-corrected chi connectivity index (χ1v) is 7.21. The van der Waals surface area contributed by atoms with Gasteiger partial charge in [0.1, 0.15) is 11.1 Å². The monoisotopic (exact) mass is 303 g/mol. The van der Waals surface area contributed by atoms with Crippen molar-refractivity contribution in [3.05, 3.63) is 71.3 Å². The maximum Gasteiger partial charge on any atom is 0.264 e. The van der Waals surface area contributed by atoms with Gasteiger partial charge in [0.25, 0.3) is 5.56 Å². The molecule has 0 fully saturated rings. The first kappa shape index (κ1) is 13.5. The van der Waals surface area contributed by atoms with Gasteiger partial charge in [0, 0.05) is 36.6 Å². The second kappa shape index (κ2) is 5.21. The predicted molar refractivity (Wildman–Crippen MR) is 87.9 cm³/mol. The zero-order chi connectivity index (χ0) is 15.8. The topological polar surface area (TPSA) is 60.9 Å². The van der Waals surface area contributed by atoms with Crippen molar-refractivity contribution in [3.8, 4) is 22.5 Å². The summed E-state index contributed by atoms with van der Waals surface area (Å²) in [5.41, 5.74) is 3.36. The van der Waals surface area contributed by atoms with E-state index in [1.165, 1.54) is 0 Å². The van der Waals surface area contributed by atoms with Gasteiger partial charge in [-0.05, 0) is 12.1 Å². The number of benzene rings is 1. The fourth-order valence-corrected chi connectivity index (χ4v) is 2.69. The van der Waals surface area contributed by atoms with Gasteiger partial charge in [-0.15, -0.1) is 0 Å². The summed E-state index contributed by atoms with van der Waals surface area (Å²) in [6.45, 7) is 0. The molecule has 0 aliphatic carbocycles. The van der Waals surface area contributed by atoms with Crippen LogP contribution in [0.5, 0.6) is 0 Å². The highest BCUT2D eigenvalue weighted by molar-refractivity contribution is 5.92. The average molecular weight is 303 g/mol. The Morgan fingerprint density at radius 1 is 1.04 bits per heavy atom. The molecule has 0 atom stereocenters. The summed E-state index contributed by atoms with van der Waals surface area (Å²) >= 11 is 0. The van der Waals surface area contributed by atoms with Crippen molar-refractivity contribution in [2.24, 2.45) is 7.05 Å². The molecule has 5 nitrogen and oxygen atoms in total. The van der Waals surface area contributed by atoms with E-state index in [1.54, 1.807) is 24.0 Å². The lowest BCUT2D eigenvalue weighted by Crippen LogP contribution is -2.18. The highest BCUT2D eigenvalue weighted by Gasteiger charge is 2.17. The number of pyridine rings is 2. The second-order valence-electron chi connectivity index (χ2n) is 5.27. The van der Waals surface area contributed by atoms with E-state index in [0.29, 0.717) is 16.7 Å². The van der Waals surface area contributed by atoms with Gasteiger partial charge in [-0.1, -0.05) is 35.5 Å². The number of rotatable bonds is 2. The van der Waals surface area contributed by atoms with Gasteiger partial charge in [0.2, 0.25) is 0 Å². The van der Waals surface area contributed by atoms with E-state index in [1.807, 2.05) is 48.5 Å². The van der Waals surface area contributed by atoms with Crippen LogP contribution in [0.15, 0.2) is 70.2 Å². The van der Waals surface area contributed by atoms with E-state index in [2.05, 4.69) is 10.1 Å². The largest absolute Gasteiger partial charge is 0.355 e. The third kappa shape index (κ3) is 2.14. The van der Waals surface area contributed by atoms with E-state index in [-0.39, 0.29) is 5.56 Å². The smallest absolute Gasteiger partial charge is 0.264 e. The van der Waals surface area contributed by atoms with Crippen LogP contribution in [0.25, 0.3) is 33.5 Å². The van der Waals surface area contributed by atoms with Crippen molar-refractivity contribution in [1.29, 1.82) is 0 Å². The highest BCUT2D eigenvalue weighted by atomic mass is 16.5. The molecule has 0 spiro atoms. The zero-order valence-electron chi connectivity index (χ0n) is 12.4. The molecule has 112 valence electrons. The van der Waals surface area contributed by atoms with Gasteiger partial charge in [0.05, 0.1) is 5.69 Å². The molecule has 3 heterocycles. The van der Waals surface area contributed by atoms with Gasteiger partial charge >= 0.3 is 0 Å². The summed E-state index contributed by atoms with van der Waals surface area (Å²) in [6, 6.07) is 15.1. The van der Waals surface area contributed by atoms with Crippen molar-refractivity contribution in [3.63, 3.8) is 0 Å². The maximum absolute atomic E-state index is 12.8. The summed E-state index contributed by atoms with van der Waals surface area (Å²) in [5, 5.41) is 4.59. The molecule has 0 aliphatic rings. The van der Waals surface area contributed by atoms with Gasteiger partial charge in [-0.2, -0.15) is 0 Å². The van der Waals surface area contributed by atoms with E-state index in [4.69, 9.17) is 4.52 Å². The molecular weight excluding hydrogens is 290 g/mol. The average Bonchev–Trinajstić information content (AvgIpc) is 3.04. The number of hydrogen-bond donors (Lipinski definition) is 0. The van der Waals surface area contributed by atoms with Crippen molar-refractivity contribution in [2.75, 3.05) is 0 Å². The minimum Gasteiger partial charge on any atom is -0.355 e. The third-order valence-corrected chi connectivity index (χ3v) is 3.87. The molecule has 4 aromatic rings. The molecule has 0 aliphatic heterocycles. The number of nitrogens with zero attached hydrogens (tertiary/aromatic N) is 3. The van der Waals surface area contributed by atoms with E-state index >= 15 is 0 Å². The lowest BCUT2D eigenvalue weighted by molar-refractivity contribution is 0.459. The Balaban J connectivity index is 2.01. The standard InChI is InChI=1S/C18H13N3O2/c1-21-14(13-8-5-9-19-11-13)10-15-16(18(21)22)17(20-23-15)12-6-3-2-4-7-12/h2-11H,1H3. The molecule has 0 radical (unpaired) electrons. The van der Waals surface area contributed by atoms with Crippen LogP contribution in [0.1, 0.15) is 0 Å². The van der Waals surface area contributed by atoms with Crippen LogP contribution >= 0.6 is 0 Å². The molecule has 0 bridgehead atoms. The van der Waals surface area contributed by atoms with Crippen molar-refractivity contribution in [1.82, 2.24) is 14.7 Å². The molecule has 0 N–H and O–H groups in total. The lowest BCUT2D eigenvalue weighted by Gasteiger charge is -2.07. The quantitative estimate of drug-likeness (QED) is 0.570. The Morgan fingerprint density at radius 3 is 2.57 bits per heavy atom. The van der Waals surface area contributed by atoms with Gasteiger partial charge in [-0.25, -0.2) is 0 Å². The van der Waals surface area contributed by atoms with E-state index < -0.39 is 0 Å². The van der Waals surface area contributed by atoms with Gasteiger partial charge < -0.3 is 9.09 Å². The van der Waals surface area contributed by atoms with Crippen molar-refractivity contribution >= 4 is 11.0 Å². The SMILES string of the molecule is Cn1c(-c2cccnc2)cc2onc(-c3ccccc3)c2c1=O. The van der Waals surface area contributed by atoms with Crippen LogP contribution in [0.4, 0.5) is 0 Å². The molecule has 23 heavy (non-hydrogen) atoms. The fraction of sp³-hybridized carbons (Fsp3) is 0.0556. The minimum absolute atomic E-state index is 0.138. The number of hydrogen-bond acceptors (Lipinski definition) is 4. The molecule has 0 saturated carbocycles. The van der Waals surface area contributed by atoms with Crippen LogP contribution in [0.2, 0.25) is 0 Å². The summed E-state index contributed by atoms with van der Waals surface area (Å²) in [7, 11) is 1.74.